The molecule has 0 spiro atoms. The van der Waals surface area contributed by atoms with Crippen LogP contribution in [0, 0.1) is 0 Å². The second-order valence-electron chi connectivity index (χ2n) is 4.43. The number of nitrogens with two attached hydrogens (primary N) is 1. The zero-order valence-corrected chi connectivity index (χ0v) is 10.7. The SMILES string of the molecule is Nc1ccc(Cl)nc1N1CCCc2ccccc21. The summed E-state index contributed by atoms with van der Waals surface area (Å²) in [5.41, 5.74) is 9.20. The standard InChI is InChI=1S/C14H14ClN3/c15-13-8-7-11(16)14(17-13)18-9-3-5-10-4-1-2-6-12(10)18/h1-2,4,6-8H,3,5,9,16H2. The van der Waals surface area contributed by atoms with Crippen molar-refractivity contribution >= 4 is 28.8 Å². The van der Waals surface area contributed by atoms with E-state index >= 15 is 0 Å². The van der Waals surface area contributed by atoms with Crippen LogP contribution in [0.2, 0.25) is 5.15 Å². The molecule has 0 bridgehead atoms. The predicted molar refractivity (Wildman–Crippen MR) is 75.4 cm³/mol. The van der Waals surface area contributed by atoms with Crippen molar-refractivity contribution in [1.82, 2.24) is 4.98 Å². The van der Waals surface area contributed by atoms with Gasteiger partial charge in [-0.3, -0.25) is 0 Å². The number of pyridine rings is 1. The second-order valence-corrected chi connectivity index (χ2v) is 4.82. The molecule has 2 aromatic rings. The van der Waals surface area contributed by atoms with Gasteiger partial charge in [0.1, 0.15) is 5.15 Å². The number of rotatable bonds is 1. The molecule has 3 rings (SSSR count). The first-order chi connectivity index (χ1) is 8.75. The van der Waals surface area contributed by atoms with Crippen molar-refractivity contribution in [2.24, 2.45) is 0 Å². The molecule has 92 valence electrons. The molecule has 0 amide bonds. The van der Waals surface area contributed by atoms with E-state index < -0.39 is 0 Å². The molecule has 0 unspecified atom stereocenters. The molecule has 2 N–H and O–H groups in total. The lowest BCUT2D eigenvalue weighted by molar-refractivity contribution is 0.760. The van der Waals surface area contributed by atoms with E-state index in [0.717, 1.165) is 25.2 Å². The smallest absolute Gasteiger partial charge is 0.158 e. The number of aryl methyl sites for hydroxylation is 1. The van der Waals surface area contributed by atoms with Crippen molar-refractivity contribution in [2.75, 3.05) is 17.2 Å². The van der Waals surface area contributed by atoms with Crippen LogP contribution in [-0.2, 0) is 6.42 Å². The van der Waals surface area contributed by atoms with Gasteiger partial charge in [-0.05, 0) is 36.6 Å². The van der Waals surface area contributed by atoms with Crippen molar-refractivity contribution < 1.29 is 0 Å². The third kappa shape index (κ3) is 1.91. The van der Waals surface area contributed by atoms with Crippen molar-refractivity contribution in [1.29, 1.82) is 0 Å². The average molecular weight is 260 g/mol. The summed E-state index contributed by atoms with van der Waals surface area (Å²) >= 11 is 5.97. The molecule has 1 aromatic carbocycles. The summed E-state index contributed by atoms with van der Waals surface area (Å²) < 4.78 is 0. The molecule has 1 aliphatic heterocycles. The van der Waals surface area contributed by atoms with Crippen LogP contribution in [0.3, 0.4) is 0 Å². The Morgan fingerprint density at radius 1 is 1.17 bits per heavy atom. The monoisotopic (exact) mass is 259 g/mol. The van der Waals surface area contributed by atoms with Gasteiger partial charge in [0.2, 0.25) is 0 Å². The normalized spacial score (nSPS) is 14.4. The number of anilines is 3. The van der Waals surface area contributed by atoms with E-state index in [0.29, 0.717) is 10.8 Å². The Morgan fingerprint density at radius 2 is 2.00 bits per heavy atom. The molecule has 0 saturated carbocycles. The van der Waals surface area contributed by atoms with Crippen LogP contribution in [0.5, 0.6) is 0 Å². The molecule has 18 heavy (non-hydrogen) atoms. The zero-order valence-electron chi connectivity index (χ0n) is 9.94. The minimum Gasteiger partial charge on any atom is -0.396 e. The predicted octanol–water partition coefficient (Wildman–Crippen LogP) is 3.40. The number of nitrogens with zero attached hydrogens (tertiary/aromatic N) is 2. The Morgan fingerprint density at radius 3 is 2.89 bits per heavy atom. The molecular weight excluding hydrogens is 246 g/mol. The van der Waals surface area contributed by atoms with Crippen molar-refractivity contribution in [3.63, 3.8) is 0 Å². The first-order valence-corrected chi connectivity index (χ1v) is 6.41. The lowest BCUT2D eigenvalue weighted by Crippen LogP contribution is -2.26. The van der Waals surface area contributed by atoms with Gasteiger partial charge < -0.3 is 10.6 Å². The molecule has 0 aliphatic carbocycles. The van der Waals surface area contributed by atoms with Crippen molar-refractivity contribution in [3.05, 3.63) is 47.1 Å². The number of fused-ring (bicyclic) bond motifs is 1. The van der Waals surface area contributed by atoms with E-state index in [9.17, 15) is 0 Å². The number of hydrogen-bond donors (Lipinski definition) is 1. The largest absolute Gasteiger partial charge is 0.396 e. The minimum absolute atomic E-state index is 0.474. The van der Waals surface area contributed by atoms with E-state index in [2.05, 4.69) is 28.1 Å². The molecule has 0 fully saturated rings. The van der Waals surface area contributed by atoms with Crippen LogP contribution in [0.4, 0.5) is 17.2 Å². The summed E-state index contributed by atoms with van der Waals surface area (Å²) in [6, 6.07) is 11.9. The lowest BCUT2D eigenvalue weighted by Gasteiger charge is -2.31. The van der Waals surface area contributed by atoms with Gasteiger partial charge in [-0.15, -0.1) is 0 Å². The number of halogens is 1. The Hall–Kier alpha value is -1.74. The maximum Gasteiger partial charge on any atom is 0.158 e. The molecule has 4 heteroatoms. The van der Waals surface area contributed by atoms with Gasteiger partial charge in [-0.1, -0.05) is 29.8 Å². The van der Waals surface area contributed by atoms with Gasteiger partial charge >= 0.3 is 0 Å². The topological polar surface area (TPSA) is 42.1 Å². The molecule has 1 aromatic heterocycles. The fraction of sp³-hybridized carbons (Fsp3) is 0.214. The molecule has 0 atom stereocenters. The molecule has 0 radical (unpaired) electrons. The fourth-order valence-electron chi connectivity index (χ4n) is 2.41. The van der Waals surface area contributed by atoms with Gasteiger partial charge in [0, 0.05) is 12.2 Å². The number of para-hydroxylation sites is 1. The Labute approximate surface area is 111 Å². The maximum atomic E-state index is 6.01. The maximum absolute atomic E-state index is 6.01. The number of benzene rings is 1. The van der Waals surface area contributed by atoms with E-state index in [1.54, 1.807) is 6.07 Å². The van der Waals surface area contributed by atoms with E-state index in [1.165, 1.54) is 11.3 Å². The number of aromatic nitrogens is 1. The van der Waals surface area contributed by atoms with E-state index in [-0.39, 0.29) is 0 Å². The summed E-state index contributed by atoms with van der Waals surface area (Å²) in [5.74, 6) is 0.759. The van der Waals surface area contributed by atoms with Crippen LogP contribution in [-0.4, -0.2) is 11.5 Å². The van der Waals surface area contributed by atoms with Crippen LogP contribution in [0.15, 0.2) is 36.4 Å². The van der Waals surface area contributed by atoms with Gasteiger partial charge in [-0.25, -0.2) is 4.98 Å². The molecule has 1 aliphatic rings. The minimum atomic E-state index is 0.474. The summed E-state index contributed by atoms with van der Waals surface area (Å²) in [6.45, 7) is 0.925. The first kappa shape index (κ1) is 11.4. The van der Waals surface area contributed by atoms with Crippen LogP contribution < -0.4 is 10.6 Å². The first-order valence-electron chi connectivity index (χ1n) is 6.03. The lowest BCUT2D eigenvalue weighted by atomic mass is 10.0. The Bertz CT molecular complexity index is 583. The third-order valence-electron chi connectivity index (χ3n) is 3.24. The van der Waals surface area contributed by atoms with Gasteiger partial charge in [-0.2, -0.15) is 0 Å². The van der Waals surface area contributed by atoms with E-state index in [4.69, 9.17) is 17.3 Å². The van der Waals surface area contributed by atoms with Crippen molar-refractivity contribution in [2.45, 2.75) is 12.8 Å². The summed E-state index contributed by atoms with van der Waals surface area (Å²) in [4.78, 5) is 6.51. The zero-order chi connectivity index (χ0) is 12.5. The molecular formula is C14H14ClN3. The highest BCUT2D eigenvalue weighted by Crippen LogP contribution is 2.35. The van der Waals surface area contributed by atoms with Crippen LogP contribution >= 0.6 is 11.6 Å². The Balaban J connectivity index is 2.11. The van der Waals surface area contributed by atoms with E-state index in [1.807, 2.05) is 12.1 Å². The highest BCUT2D eigenvalue weighted by Gasteiger charge is 2.20. The molecule has 0 saturated heterocycles. The summed E-state index contributed by atoms with van der Waals surface area (Å²) in [7, 11) is 0. The summed E-state index contributed by atoms with van der Waals surface area (Å²) in [5, 5.41) is 0.474. The summed E-state index contributed by atoms with van der Waals surface area (Å²) in [6.07, 6.45) is 2.21. The average Bonchev–Trinajstić information content (AvgIpc) is 2.41. The van der Waals surface area contributed by atoms with Gasteiger partial charge in [0.15, 0.2) is 5.82 Å². The van der Waals surface area contributed by atoms with Crippen LogP contribution in [0.1, 0.15) is 12.0 Å². The highest BCUT2D eigenvalue weighted by atomic mass is 35.5. The fourth-order valence-corrected chi connectivity index (χ4v) is 2.55. The quantitative estimate of drug-likeness (QED) is 0.798. The Kier molecular flexibility index (Phi) is 2.84. The van der Waals surface area contributed by atoms with Gasteiger partial charge in [0.05, 0.1) is 5.69 Å². The number of nitrogen functional groups attached to an aromatic ring is 1. The highest BCUT2D eigenvalue weighted by molar-refractivity contribution is 6.29. The third-order valence-corrected chi connectivity index (χ3v) is 3.45. The molecule has 2 heterocycles. The second kappa shape index (κ2) is 4.50. The van der Waals surface area contributed by atoms with Gasteiger partial charge in [0.25, 0.3) is 0 Å². The number of hydrogen-bond acceptors (Lipinski definition) is 3. The van der Waals surface area contributed by atoms with Crippen LogP contribution in [0.25, 0.3) is 0 Å². The van der Waals surface area contributed by atoms with Crippen molar-refractivity contribution in [3.8, 4) is 0 Å². The molecule has 3 nitrogen and oxygen atoms in total.